The number of ether oxygens (including phenoxy) is 3. The lowest BCUT2D eigenvalue weighted by Gasteiger charge is -2.30. The van der Waals surface area contributed by atoms with E-state index in [1.54, 1.807) is 7.11 Å². The van der Waals surface area contributed by atoms with Crippen molar-refractivity contribution in [2.75, 3.05) is 7.11 Å². The summed E-state index contributed by atoms with van der Waals surface area (Å²) in [6, 6.07) is 0. The number of hydrogen-bond acceptors (Lipinski definition) is 6. The molecule has 2 aliphatic rings. The Balaban J connectivity index is 2.25. The van der Waals surface area contributed by atoms with Crippen LogP contribution in [0, 0.1) is 0 Å². The summed E-state index contributed by atoms with van der Waals surface area (Å²) in [5.41, 5.74) is 0.478. The van der Waals surface area contributed by atoms with E-state index < -0.39 is 17.7 Å². The van der Waals surface area contributed by atoms with E-state index in [2.05, 4.69) is 5.32 Å². The van der Waals surface area contributed by atoms with Crippen molar-refractivity contribution in [3.63, 3.8) is 0 Å². The molecule has 0 amide bonds. The van der Waals surface area contributed by atoms with Crippen LogP contribution in [0.4, 0.5) is 0 Å². The molecular weight excluding hydrogens is 226 g/mol. The summed E-state index contributed by atoms with van der Waals surface area (Å²) in [6.07, 6.45) is 1.10. The van der Waals surface area contributed by atoms with Crippen LogP contribution in [0.15, 0.2) is 11.3 Å². The van der Waals surface area contributed by atoms with Crippen molar-refractivity contribution in [1.29, 1.82) is 0 Å². The van der Waals surface area contributed by atoms with Crippen molar-refractivity contribution in [1.82, 2.24) is 5.32 Å². The molecule has 6 heteroatoms. The van der Waals surface area contributed by atoms with Crippen molar-refractivity contribution in [3.05, 3.63) is 11.3 Å². The van der Waals surface area contributed by atoms with Crippen LogP contribution in [0.2, 0.25) is 0 Å². The van der Waals surface area contributed by atoms with Crippen molar-refractivity contribution in [3.8, 4) is 0 Å². The monoisotopic (exact) mass is 241 g/mol. The lowest BCUT2D eigenvalue weighted by molar-refractivity contribution is -0.222. The van der Waals surface area contributed by atoms with E-state index in [0.717, 1.165) is 0 Å². The maximum atomic E-state index is 11.7. The molecule has 0 spiro atoms. The molecule has 2 fully saturated rings. The summed E-state index contributed by atoms with van der Waals surface area (Å²) in [4.78, 5) is 23.5. The van der Waals surface area contributed by atoms with Crippen LogP contribution in [-0.4, -0.2) is 31.1 Å². The van der Waals surface area contributed by atoms with Gasteiger partial charge in [-0.15, -0.1) is 0 Å². The maximum absolute atomic E-state index is 11.7. The smallest absolute Gasteiger partial charge is 0.350 e. The van der Waals surface area contributed by atoms with E-state index >= 15 is 0 Å². The summed E-state index contributed by atoms with van der Waals surface area (Å²) in [5.74, 6) is -2.49. The molecular formula is C11H15NO5. The van der Waals surface area contributed by atoms with Crippen molar-refractivity contribution >= 4 is 11.9 Å². The summed E-state index contributed by atoms with van der Waals surface area (Å²) in [7, 11) is 1.56. The molecule has 0 aromatic carbocycles. The fourth-order valence-corrected chi connectivity index (χ4v) is 1.89. The van der Waals surface area contributed by atoms with Gasteiger partial charge in [0.05, 0.1) is 0 Å². The highest BCUT2D eigenvalue weighted by atomic mass is 16.7. The third-order valence-corrected chi connectivity index (χ3v) is 2.66. The molecule has 0 bridgehead atoms. The van der Waals surface area contributed by atoms with Gasteiger partial charge >= 0.3 is 11.9 Å². The lowest BCUT2D eigenvalue weighted by Crippen LogP contribution is -2.43. The predicted octanol–water partition coefficient (Wildman–Crippen LogP) is 0.432. The number of cyclic esters (lactones) is 2. The molecule has 0 aromatic rings. The van der Waals surface area contributed by atoms with Gasteiger partial charge in [-0.25, -0.2) is 9.59 Å². The van der Waals surface area contributed by atoms with Crippen molar-refractivity contribution < 1.29 is 23.8 Å². The van der Waals surface area contributed by atoms with E-state index in [0.29, 0.717) is 18.5 Å². The number of carbonyl (C=O) groups excluding carboxylic acids is 2. The predicted molar refractivity (Wildman–Crippen MR) is 56.5 cm³/mol. The zero-order valence-electron chi connectivity index (χ0n) is 10.0. The minimum atomic E-state index is -1.20. The Bertz CT molecular complexity index is 377. The van der Waals surface area contributed by atoms with Crippen LogP contribution in [0.3, 0.4) is 0 Å². The number of rotatable bonds is 1. The summed E-state index contributed by atoms with van der Waals surface area (Å²) in [5, 5.41) is 2.95. The van der Waals surface area contributed by atoms with Crippen LogP contribution >= 0.6 is 0 Å². The second kappa shape index (κ2) is 4.03. The largest absolute Gasteiger partial charge is 0.419 e. The highest BCUT2D eigenvalue weighted by molar-refractivity contribution is 6.16. The Hall–Kier alpha value is -1.56. The highest BCUT2D eigenvalue weighted by Gasteiger charge is 2.41. The minimum Gasteiger partial charge on any atom is -0.419 e. The average Bonchev–Trinajstić information content (AvgIpc) is 2.62. The van der Waals surface area contributed by atoms with Gasteiger partial charge in [0.2, 0.25) is 0 Å². The molecule has 1 atom stereocenters. The van der Waals surface area contributed by atoms with Crippen LogP contribution < -0.4 is 5.32 Å². The van der Waals surface area contributed by atoms with Crippen LogP contribution in [-0.2, 0) is 23.8 Å². The number of methoxy groups -OCH3 is 1. The Morgan fingerprint density at radius 3 is 2.35 bits per heavy atom. The number of allylic oxidation sites excluding steroid dienone is 1. The average molecular weight is 241 g/mol. The van der Waals surface area contributed by atoms with Crippen LogP contribution in [0.5, 0.6) is 0 Å². The van der Waals surface area contributed by atoms with E-state index in [1.165, 1.54) is 13.8 Å². The van der Waals surface area contributed by atoms with Crippen molar-refractivity contribution in [2.24, 2.45) is 0 Å². The van der Waals surface area contributed by atoms with Gasteiger partial charge in [-0.05, 0) is 12.8 Å². The molecule has 94 valence electrons. The first kappa shape index (κ1) is 11.9. The Kier molecular flexibility index (Phi) is 2.82. The topological polar surface area (TPSA) is 73.9 Å². The van der Waals surface area contributed by atoms with Crippen LogP contribution in [0.25, 0.3) is 0 Å². The van der Waals surface area contributed by atoms with Gasteiger partial charge in [-0.3, -0.25) is 0 Å². The molecule has 0 aliphatic carbocycles. The molecule has 2 rings (SSSR count). The van der Waals surface area contributed by atoms with Gasteiger partial charge in [-0.2, -0.15) is 0 Å². The summed E-state index contributed by atoms with van der Waals surface area (Å²) < 4.78 is 15.1. The minimum absolute atomic E-state index is 0.0520. The molecule has 1 N–H and O–H groups in total. The fraction of sp³-hybridized carbons (Fsp3) is 0.636. The molecule has 17 heavy (non-hydrogen) atoms. The molecule has 0 saturated carbocycles. The highest BCUT2D eigenvalue weighted by Crippen LogP contribution is 2.28. The molecule has 2 saturated heterocycles. The standard InChI is InChI=1S/C11H15NO5/c1-11(2)16-9(13)8(10(14)17-11)6-4-5-7(12-6)15-3/h7,12H,4-5H2,1-3H3/t7-/m1/s1. The van der Waals surface area contributed by atoms with Gasteiger partial charge in [0, 0.05) is 26.7 Å². The first-order valence-electron chi connectivity index (χ1n) is 5.42. The first-order chi connectivity index (χ1) is 7.93. The van der Waals surface area contributed by atoms with E-state index in [-0.39, 0.29) is 11.8 Å². The second-order valence-corrected chi connectivity index (χ2v) is 4.44. The van der Waals surface area contributed by atoms with Gasteiger partial charge in [0.1, 0.15) is 6.23 Å². The second-order valence-electron chi connectivity index (χ2n) is 4.44. The Morgan fingerprint density at radius 2 is 1.88 bits per heavy atom. The molecule has 0 unspecified atom stereocenters. The Morgan fingerprint density at radius 1 is 1.29 bits per heavy atom. The Labute approximate surface area is 98.9 Å². The van der Waals surface area contributed by atoms with Gasteiger partial charge < -0.3 is 19.5 Å². The van der Waals surface area contributed by atoms with Crippen molar-refractivity contribution in [2.45, 2.75) is 38.7 Å². The first-order valence-corrected chi connectivity index (χ1v) is 5.42. The number of esters is 2. The molecule has 0 radical (unpaired) electrons. The fourth-order valence-electron chi connectivity index (χ4n) is 1.89. The normalized spacial score (nSPS) is 27.6. The van der Waals surface area contributed by atoms with Crippen LogP contribution in [0.1, 0.15) is 26.7 Å². The van der Waals surface area contributed by atoms with Gasteiger partial charge in [-0.1, -0.05) is 0 Å². The molecule has 6 nitrogen and oxygen atoms in total. The number of nitrogens with one attached hydrogen (secondary N) is 1. The summed E-state index contributed by atoms with van der Waals surface area (Å²) in [6.45, 7) is 3.04. The quantitative estimate of drug-likeness (QED) is 0.408. The molecule has 0 aromatic heterocycles. The van der Waals surface area contributed by atoms with E-state index in [9.17, 15) is 9.59 Å². The lowest BCUT2D eigenvalue weighted by atomic mass is 10.1. The zero-order chi connectivity index (χ0) is 12.6. The zero-order valence-corrected chi connectivity index (χ0v) is 10.0. The van der Waals surface area contributed by atoms with Gasteiger partial charge in [0.15, 0.2) is 5.57 Å². The molecule has 2 heterocycles. The van der Waals surface area contributed by atoms with Gasteiger partial charge in [0.25, 0.3) is 5.79 Å². The SMILES string of the molecule is CO[C@@H]1CCC(=C2C(=O)OC(C)(C)OC2=O)N1. The third-order valence-electron chi connectivity index (χ3n) is 2.66. The van der Waals surface area contributed by atoms with E-state index in [1.807, 2.05) is 0 Å². The third kappa shape index (κ3) is 2.26. The number of carbonyl (C=O) groups is 2. The molecule has 2 aliphatic heterocycles. The maximum Gasteiger partial charge on any atom is 0.350 e. The summed E-state index contributed by atoms with van der Waals surface area (Å²) >= 11 is 0. The van der Waals surface area contributed by atoms with E-state index in [4.69, 9.17) is 14.2 Å². The number of hydrogen-bond donors (Lipinski definition) is 1.